The largest absolute Gasteiger partial charge is 0.343 e. The second-order valence-corrected chi connectivity index (χ2v) is 5.27. The van der Waals surface area contributed by atoms with Crippen LogP contribution < -0.4 is 10.6 Å². The van der Waals surface area contributed by atoms with Crippen molar-refractivity contribution in [3.05, 3.63) is 0 Å². The molecular weight excluding hydrogens is 230 g/mol. The van der Waals surface area contributed by atoms with Crippen molar-refractivity contribution < 1.29 is 9.59 Å². The number of likely N-dealkylation sites (tertiary alicyclic amines) is 1. The minimum absolute atomic E-state index is 0.0548. The second-order valence-electron chi connectivity index (χ2n) is 5.27. The Kier molecular flexibility index (Phi) is 5.59. The number of likely N-dealkylation sites (N-methyl/N-ethyl adjacent to an activating group) is 1. The van der Waals surface area contributed by atoms with Gasteiger partial charge in [0.05, 0.1) is 6.04 Å². The second kappa shape index (κ2) is 6.73. The quantitative estimate of drug-likeness (QED) is 0.745. The van der Waals surface area contributed by atoms with Crippen molar-refractivity contribution in [3.63, 3.8) is 0 Å². The lowest BCUT2D eigenvalue weighted by atomic mass is 10.0. The lowest BCUT2D eigenvalue weighted by Crippen LogP contribution is -2.54. The van der Waals surface area contributed by atoms with E-state index in [1.54, 1.807) is 14.0 Å². The van der Waals surface area contributed by atoms with Crippen LogP contribution in [0.15, 0.2) is 0 Å². The van der Waals surface area contributed by atoms with E-state index in [1.165, 1.54) is 0 Å². The first-order chi connectivity index (χ1) is 8.47. The molecule has 0 spiro atoms. The molecule has 104 valence electrons. The molecular formula is C13H25N3O2. The molecule has 0 radical (unpaired) electrons. The van der Waals surface area contributed by atoms with E-state index in [2.05, 4.69) is 10.6 Å². The smallest absolute Gasteiger partial charge is 0.245 e. The molecule has 2 unspecified atom stereocenters. The average Bonchev–Trinajstić information content (AvgIpc) is 2.87. The number of carbonyl (C=O) groups excluding carboxylic acids is 2. The lowest BCUT2D eigenvalue weighted by molar-refractivity contribution is -0.137. The summed E-state index contributed by atoms with van der Waals surface area (Å²) in [5.74, 6) is 0.0361. The third-order valence-electron chi connectivity index (χ3n) is 3.47. The van der Waals surface area contributed by atoms with Crippen molar-refractivity contribution in [2.45, 2.75) is 45.7 Å². The molecule has 0 aliphatic carbocycles. The van der Waals surface area contributed by atoms with Crippen molar-refractivity contribution in [1.29, 1.82) is 0 Å². The Morgan fingerprint density at radius 1 is 1.11 bits per heavy atom. The minimum atomic E-state index is -0.411. The van der Waals surface area contributed by atoms with Gasteiger partial charge in [-0.2, -0.15) is 0 Å². The Balaban J connectivity index is 2.64. The van der Waals surface area contributed by atoms with Crippen LogP contribution >= 0.6 is 0 Å². The summed E-state index contributed by atoms with van der Waals surface area (Å²) < 4.78 is 0. The maximum absolute atomic E-state index is 12.3. The Morgan fingerprint density at radius 2 is 1.67 bits per heavy atom. The van der Waals surface area contributed by atoms with Crippen LogP contribution in [-0.4, -0.2) is 48.9 Å². The Labute approximate surface area is 109 Å². The number of nitrogens with zero attached hydrogens (tertiary/aromatic N) is 1. The molecule has 1 rings (SSSR count). The molecule has 0 aromatic heterocycles. The molecule has 2 amide bonds. The number of amides is 2. The summed E-state index contributed by atoms with van der Waals surface area (Å²) in [6, 6.07) is -0.691. The number of rotatable bonds is 5. The Hall–Kier alpha value is -1.10. The molecule has 5 heteroatoms. The zero-order valence-electron chi connectivity index (χ0n) is 11.8. The molecule has 0 saturated carbocycles. The number of carbonyl (C=O) groups is 2. The average molecular weight is 255 g/mol. The molecule has 1 aliphatic heterocycles. The van der Waals surface area contributed by atoms with Crippen molar-refractivity contribution >= 4 is 11.8 Å². The van der Waals surface area contributed by atoms with Gasteiger partial charge >= 0.3 is 0 Å². The summed E-state index contributed by atoms with van der Waals surface area (Å²) >= 11 is 0. The molecule has 0 aromatic rings. The minimum Gasteiger partial charge on any atom is -0.343 e. The Bertz CT molecular complexity index is 299. The van der Waals surface area contributed by atoms with E-state index in [4.69, 9.17) is 0 Å². The highest BCUT2D eigenvalue weighted by atomic mass is 16.2. The van der Waals surface area contributed by atoms with Gasteiger partial charge in [-0.25, -0.2) is 0 Å². The molecule has 18 heavy (non-hydrogen) atoms. The first kappa shape index (κ1) is 15.0. The van der Waals surface area contributed by atoms with Crippen molar-refractivity contribution in [1.82, 2.24) is 15.5 Å². The van der Waals surface area contributed by atoms with Crippen LogP contribution in [0.3, 0.4) is 0 Å². The maximum atomic E-state index is 12.3. The topological polar surface area (TPSA) is 61.4 Å². The van der Waals surface area contributed by atoms with Crippen LogP contribution in [0.25, 0.3) is 0 Å². The molecule has 1 saturated heterocycles. The molecule has 1 heterocycles. The predicted octanol–water partition coefficient (Wildman–Crippen LogP) is 0.358. The van der Waals surface area contributed by atoms with Crippen LogP contribution in [0, 0.1) is 5.92 Å². The van der Waals surface area contributed by atoms with Crippen LogP contribution in [0.4, 0.5) is 0 Å². The van der Waals surface area contributed by atoms with Gasteiger partial charge in [0, 0.05) is 13.1 Å². The van der Waals surface area contributed by atoms with E-state index in [0.717, 1.165) is 25.9 Å². The fourth-order valence-electron chi connectivity index (χ4n) is 2.06. The van der Waals surface area contributed by atoms with E-state index in [9.17, 15) is 9.59 Å². The van der Waals surface area contributed by atoms with Crippen molar-refractivity contribution in [2.75, 3.05) is 20.1 Å². The summed E-state index contributed by atoms with van der Waals surface area (Å²) in [4.78, 5) is 26.0. The highest BCUT2D eigenvalue weighted by Crippen LogP contribution is 2.13. The van der Waals surface area contributed by atoms with Gasteiger partial charge < -0.3 is 15.5 Å². The van der Waals surface area contributed by atoms with Gasteiger partial charge in [-0.05, 0) is 32.7 Å². The van der Waals surface area contributed by atoms with Gasteiger partial charge in [0.15, 0.2) is 0 Å². The molecule has 1 aliphatic rings. The van der Waals surface area contributed by atoms with Gasteiger partial charge in [-0.15, -0.1) is 0 Å². The van der Waals surface area contributed by atoms with Gasteiger partial charge in [-0.1, -0.05) is 13.8 Å². The Morgan fingerprint density at radius 3 is 2.11 bits per heavy atom. The number of hydrogen-bond donors (Lipinski definition) is 2. The van der Waals surface area contributed by atoms with E-state index >= 15 is 0 Å². The van der Waals surface area contributed by atoms with Gasteiger partial charge in [0.2, 0.25) is 11.8 Å². The van der Waals surface area contributed by atoms with Crippen LogP contribution in [0.1, 0.15) is 33.6 Å². The highest BCUT2D eigenvalue weighted by Gasteiger charge is 2.30. The fourth-order valence-corrected chi connectivity index (χ4v) is 2.06. The third kappa shape index (κ3) is 3.70. The van der Waals surface area contributed by atoms with Crippen LogP contribution in [-0.2, 0) is 9.59 Å². The van der Waals surface area contributed by atoms with Gasteiger partial charge in [-0.3, -0.25) is 9.59 Å². The molecule has 5 nitrogen and oxygen atoms in total. The molecule has 2 atom stereocenters. The molecule has 0 bridgehead atoms. The zero-order valence-corrected chi connectivity index (χ0v) is 11.8. The maximum Gasteiger partial charge on any atom is 0.245 e. The summed E-state index contributed by atoms with van der Waals surface area (Å²) in [5.41, 5.74) is 0. The monoisotopic (exact) mass is 255 g/mol. The van der Waals surface area contributed by atoms with Gasteiger partial charge in [0.1, 0.15) is 6.04 Å². The molecule has 2 N–H and O–H groups in total. The first-order valence-electron chi connectivity index (χ1n) is 6.73. The van der Waals surface area contributed by atoms with Crippen molar-refractivity contribution in [2.24, 2.45) is 5.92 Å². The summed E-state index contributed by atoms with van der Waals surface area (Å²) in [6.07, 6.45) is 2.13. The third-order valence-corrected chi connectivity index (χ3v) is 3.47. The normalized spacial score (nSPS) is 18.8. The highest BCUT2D eigenvalue weighted by molar-refractivity contribution is 5.89. The summed E-state index contributed by atoms with van der Waals surface area (Å²) in [7, 11) is 1.73. The first-order valence-corrected chi connectivity index (χ1v) is 6.73. The van der Waals surface area contributed by atoms with E-state index < -0.39 is 6.04 Å². The van der Waals surface area contributed by atoms with E-state index in [-0.39, 0.29) is 23.8 Å². The zero-order chi connectivity index (χ0) is 13.7. The fraction of sp³-hybridized carbons (Fsp3) is 0.846. The van der Waals surface area contributed by atoms with E-state index in [1.807, 2.05) is 18.7 Å². The van der Waals surface area contributed by atoms with Crippen molar-refractivity contribution in [3.8, 4) is 0 Å². The standard InChI is InChI=1S/C13H25N3O2/c1-9(2)11(15-12(17)10(3)14-4)13(18)16-7-5-6-8-16/h9-11,14H,5-8H2,1-4H3,(H,15,17). The number of nitrogens with one attached hydrogen (secondary N) is 2. The van der Waals surface area contributed by atoms with Crippen LogP contribution in [0.2, 0.25) is 0 Å². The summed E-state index contributed by atoms with van der Waals surface area (Å²) in [5, 5.41) is 5.73. The lowest BCUT2D eigenvalue weighted by Gasteiger charge is -2.27. The number of hydrogen-bond acceptors (Lipinski definition) is 3. The van der Waals surface area contributed by atoms with Gasteiger partial charge in [0.25, 0.3) is 0 Å². The molecule has 1 fully saturated rings. The predicted molar refractivity (Wildman–Crippen MR) is 71.1 cm³/mol. The molecule has 0 aromatic carbocycles. The van der Waals surface area contributed by atoms with Crippen LogP contribution in [0.5, 0.6) is 0 Å². The SMILES string of the molecule is CNC(C)C(=O)NC(C(=O)N1CCCC1)C(C)C. The summed E-state index contributed by atoms with van der Waals surface area (Å²) in [6.45, 7) is 7.35. The van der Waals surface area contributed by atoms with E-state index in [0.29, 0.717) is 0 Å².